The van der Waals surface area contributed by atoms with E-state index in [-0.39, 0.29) is 11.5 Å². The van der Waals surface area contributed by atoms with Crippen LogP contribution < -0.4 is 10.9 Å². The van der Waals surface area contributed by atoms with Gasteiger partial charge >= 0.3 is 0 Å². The second-order valence-corrected chi connectivity index (χ2v) is 7.04. The maximum Gasteiger partial charge on any atom is 0.256 e. The molecule has 3 rings (SSSR count). The highest BCUT2D eigenvalue weighted by molar-refractivity contribution is 7.99. The van der Waals surface area contributed by atoms with Gasteiger partial charge in [0.1, 0.15) is 0 Å². The van der Waals surface area contributed by atoms with E-state index in [2.05, 4.69) is 17.2 Å². The molecule has 0 bridgehead atoms. The lowest BCUT2D eigenvalue weighted by Crippen LogP contribution is -2.13. The van der Waals surface area contributed by atoms with E-state index >= 15 is 0 Å². The topological polar surface area (TPSA) is 71.2 Å². The third-order valence-corrected chi connectivity index (χ3v) is 4.87. The summed E-state index contributed by atoms with van der Waals surface area (Å²) in [6.07, 6.45) is 0. The molecule has 0 aliphatic heterocycles. The first-order chi connectivity index (χ1) is 12.6. The SMILES string of the molecule is CCSc1ccccc1C(=O)Nc1ccc2c(COC)cc(=O)[nH]c2c1. The van der Waals surface area contributed by atoms with Crippen molar-refractivity contribution in [2.24, 2.45) is 0 Å². The van der Waals surface area contributed by atoms with Crippen LogP contribution in [0.2, 0.25) is 0 Å². The van der Waals surface area contributed by atoms with Crippen molar-refractivity contribution >= 4 is 34.3 Å². The van der Waals surface area contributed by atoms with Crippen molar-refractivity contribution in [1.29, 1.82) is 0 Å². The van der Waals surface area contributed by atoms with Gasteiger partial charge in [0.25, 0.3) is 5.91 Å². The van der Waals surface area contributed by atoms with Gasteiger partial charge in [0.2, 0.25) is 5.56 Å². The van der Waals surface area contributed by atoms with Crippen LogP contribution in [0.1, 0.15) is 22.8 Å². The molecule has 2 aromatic carbocycles. The van der Waals surface area contributed by atoms with Crippen molar-refractivity contribution in [2.75, 3.05) is 18.2 Å². The highest BCUT2D eigenvalue weighted by atomic mass is 32.2. The fraction of sp³-hybridized carbons (Fsp3) is 0.200. The van der Waals surface area contributed by atoms with Gasteiger partial charge in [0.05, 0.1) is 17.7 Å². The second kappa shape index (κ2) is 8.21. The predicted octanol–water partition coefficient (Wildman–Crippen LogP) is 4.04. The Balaban J connectivity index is 1.92. The van der Waals surface area contributed by atoms with Gasteiger partial charge in [-0.05, 0) is 35.6 Å². The molecule has 0 radical (unpaired) electrons. The quantitative estimate of drug-likeness (QED) is 0.644. The first-order valence-corrected chi connectivity index (χ1v) is 9.29. The van der Waals surface area contributed by atoms with E-state index in [1.165, 1.54) is 6.07 Å². The minimum Gasteiger partial charge on any atom is -0.380 e. The van der Waals surface area contributed by atoms with Gasteiger partial charge in [-0.1, -0.05) is 25.1 Å². The number of anilines is 1. The summed E-state index contributed by atoms with van der Waals surface area (Å²) in [5, 5.41) is 3.81. The lowest BCUT2D eigenvalue weighted by Gasteiger charge is -2.11. The summed E-state index contributed by atoms with van der Waals surface area (Å²) in [5.41, 5.74) is 2.55. The van der Waals surface area contributed by atoms with Crippen LogP contribution in [0.3, 0.4) is 0 Å². The number of carbonyl (C=O) groups is 1. The predicted molar refractivity (Wildman–Crippen MR) is 106 cm³/mol. The van der Waals surface area contributed by atoms with Gasteiger partial charge in [0, 0.05) is 29.1 Å². The molecule has 5 nitrogen and oxygen atoms in total. The number of carbonyl (C=O) groups excluding carboxylic acids is 1. The Kier molecular flexibility index (Phi) is 5.75. The number of ether oxygens (including phenoxy) is 1. The van der Waals surface area contributed by atoms with E-state index in [4.69, 9.17) is 4.74 Å². The van der Waals surface area contributed by atoms with Gasteiger partial charge in [0.15, 0.2) is 0 Å². The first-order valence-electron chi connectivity index (χ1n) is 8.30. The standard InChI is InChI=1S/C20H20N2O3S/c1-3-26-18-7-5-4-6-16(18)20(24)21-14-8-9-15-13(12-25-2)10-19(23)22-17(15)11-14/h4-11H,3,12H2,1-2H3,(H,21,24)(H,22,23). The minimum atomic E-state index is -0.197. The molecular weight excluding hydrogens is 348 g/mol. The molecule has 134 valence electrons. The number of fused-ring (bicyclic) bond motifs is 1. The van der Waals surface area contributed by atoms with Crippen LogP contribution >= 0.6 is 11.8 Å². The Labute approximate surface area is 155 Å². The van der Waals surface area contributed by atoms with Crippen molar-refractivity contribution in [1.82, 2.24) is 4.98 Å². The Morgan fingerprint density at radius 3 is 2.77 bits per heavy atom. The molecule has 0 spiro atoms. The number of nitrogens with one attached hydrogen (secondary N) is 2. The molecule has 6 heteroatoms. The molecule has 1 aromatic heterocycles. The van der Waals surface area contributed by atoms with Crippen molar-refractivity contribution < 1.29 is 9.53 Å². The highest BCUT2D eigenvalue weighted by Gasteiger charge is 2.12. The van der Waals surface area contributed by atoms with Gasteiger partial charge in [-0.3, -0.25) is 9.59 Å². The maximum atomic E-state index is 12.7. The van der Waals surface area contributed by atoms with E-state index in [9.17, 15) is 9.59 Å². The molecule has 0 unspecified atom stereocenters. The third kappa shape index (κ3) is 3.98. The van der Waals surface area contributed by atoms with E-state index in [1.54, 1.807) is 24.9 Å². The van der Waals surface area contributed by atoms with Crippen molar-refractivity contribution in [3.63, 3.8) is 0 Å². The molecule has 0 aliphatic rings. The highest BCUT2D eigenvalue weighted by Crippen LogP contribution is 2.24. The van der Waals surface area contributed by atoms with Crippen LogP contribution in [0.5, 0.6) is 0 Å². The molecule has 3 aromatic rings. The van der Waals surface area contributed by atoms with E-state index in [1.807, 2.05) is 36.4 Å². The summed E-state index contributed by atoms with van der Waals surface area (Å²) >= 11 is 1.63. The Morgan fingerprint density at radius 1 is 1.19 bits per heavy atom. The van der Waals surface area contributed by atoms with E-state index in [0.717, 1.165) is 21.6 Å². The molecule has 2 N–H and O–H groups in total. The minimum absolute atomic E-state index is 0.170. The zero-order valence-electron chi connectivity index (χ0n) is 14.7. The van der Waals surface area contributed by atoms with Crippen LogP contribution in [0.15, 0.2) is 58.2 Å². The first kappa shape index (κ1) is 18.2. The van der Waals surface area contributed by atoms with Gasteiger partial charge in [-0.2, -0.15) is 0 Å². The normalized spacial score (nSPS) is 10.8. The second-order valence-electron chi connectivity index (χ2n) is 5.74. The number of aromatic nitrogens is 1. The molecule has 1 heterocycles. The monoisotopic (exact) mass is 368 g/mol. The number of methoxy groups -OCH3 is 1. The molecule has 26 heavy (non-hydrogen) atoms. The molecule has 0 saturated heterocycles. The number of hydrogen-bond acceptors (Lipinski definition) is 4. The zero-order valence-corrected chi connectivity index (χ0v) is 15.5. The van der Waals surface area contributed by atoms with Crippen LogP contribution in [0.25, 0.3) is 10.9 Å². The summed E-state index contributed by atoms with van der Waals surface area (Å²) in [6, 6.07) is 14.5. The molecule has 0 fully saturated rings. The van der Waals surface area contributed by atoms with Crippen molar-refractivity contribution in [2.45, 2.75) is 18.4 Å². The van der Waals surface area contributed by atoms with Crippen molar-refractivity contribution in [3.8, 4) is 0 Å². The van der Waals surface area contributed by atoms with Crippen LogP contribution in [-0.2, 0) is 11.3 Å². The molecule has 0 aliphatic carbocycles. The fourth-order valence-corrected chi connectivity index (χ4v) is 3.62. The average molecular weight is 368 g/mol. The van der Waals surface area contributed by atoms with E-state index in [0.29, 0.717) is 23.4 Å². The van der Waals surface area contributed by atoms with Crippen LogP contribution in [0, 0.1) is 0 Å². The number of hydrogen-bond donors (Lipinski definition) is 2. The van der Waals surface area contributed by atoms with Crippen LogP contribution in [0.4, 0.5) is 5.69 Å². The summed E-state index contributed by atoms with van der Waals surface area (Å²) in [4.78, 5) is 28.3. The Bertz CT molecular complexity index is 998. The van der Waals surface area contributed by atoms with Crippen LogP contribution in [-0.4, -0.2) is 23.8 Å². The number of amides is 1. The largest absolute Gasteiger partial charge is 0.380 e. The molecule has 0 atom stereocenters. The number of aromatic amines is 1. The van der Waals surface area contributed by atoms with Crippen molar-refractivity contribution in [3.05, 3.63) is 70.0 Å². The van der Waals surface area contributed by atoms with Gasteiger partial charge < -0.3 is 15.0 Å². The lowest BCUT2D eigenvalue weighted by atomic mass is 10.1. The Hall–Kier alpha value is -2.57. The lowest BCUT2D eigenvalue weighted by molar-refractivity contribution is 0.102. The number of thioether (sulfide) groups is 1. The number of pyridine rings is 1. The van der Waals surface area contributed by atoms with E-state index < -0.39 is 0 Å². The molecular formula is C20H20N2O3S. The Morgan fingerprint density at radius 2 is 2.00 bits per heavy atom. The number of rotatable bonds is 6. The third-order valence-electron chi connectivity index (χ3n) is 3.92. The summed E-state index contributed by atoms with van der Waals surface area (Å²) in [6.45, 7) is 2.41. The summed E-state index contributed by atoms with van der Waals surface area (Å²) in [7, 11) is 1.59. The summed E-state index contributed by atoms with van der Waals surface area (Å²) < 4.78 is 5.15. The number of H-pyrrole nitrogens is 1. The molecule has 0 saturated carbocycles. The van der Waals surface area contributed by atoms with Gasteiger partial charge in [-0.25, -0.2) is 0 Å². The maximum absolute atomic E-state index is 12.7. The average Bonchev–Trinajstić information content (AvgIpc) is 2.62. The zero-order chi connectivity index (χ0) is 18.5. The summed E-state index contributed by atoms with van der Waals surface area (Å²) in [5.74, 6) is 0.723. The van der Waals surface area contributed by atoms with Gasteiger partial charge in [-0.15, -0.1) is 11.8 Å². The fourth-order valence-electron chi connectivity index (χ4n) is 2.82. The smallest absolute Gasteiger partial charge is 0.256 e. The molecule has 1 amide bonds. The number of benzene rings is 2.